The Morgan fingerprint density at radius 1 is 0.933 bits per heavy atom. The highest BCUT2D eigenvalue weighted by Gasteiger charge is 2.28. The summed E-state index contributed by atoms with van der Waals surface area (Å²) in [6, 6.07) is 14.1. The zero-order chi connectivity index (χ0) is 21.7. The number of hydrogen-bond acceptors (Lipinski definition) is 2. The van der Waals surface area contributed by atoms with Gasteiger partial charge in [0, 0.05) is 12.6 Å². The molecule has 1 N–H and O–H groups in total. The first-order valence-corrected chi connectivity index (χ1v) is 11.0. The number of aryl methyl sites for hydroxylation is 3. The summed E-state index contributed by atoms with van der Waals surface area (Å²) >= 11 is 0. The average Bonchev–Trinajstić information content (AvgIpc) is 3.19. The fourth-order valence-corrected chi connectivity index (χ4v) is 4.31. The molecule has 3 rings (SSSR count). The summed E-state index contributed by atoms with van der Waals surface area (Å²) < 4.78 is 0. The number of rotatable bonds is 7. The Kier molecular flexibility index (Phi) is 7.30. The molecule has 2 aromatic carbocycles. The highest BCUT2D eigenvalue weighted by molar-refractivity contribution is 5.88. The van der Waals surface area contributed by atoms with Crippen molar-refractivity contribution in [1.29, 1.82) is 0 Å². The summed E-state index contributed by atoms with van der Waals surface area (Å²) in [4.78, 5) is 28.0. The van der Waals surface area contributed by atoms with Crippen molar-refractivity contribution in [2.75, 3.05) is 0 Å². The van der Waals surface area contributed by atoms with E-state index < -0.39 is 6.04 Å². The molecule has 1 fully saturated rings. The molecule has 0 aromatic heterocycles. The molecule has 1 unspecified atom stereocenters. The summed E-state index contributed by atoms with van der Waals surface area (Å²) in [7, 11) is 0. The van der Waals surface area contributed by atoms with Crippen molar-refractivity contribution in [3.05, 3.63) is 70.3 Å². The second-order valence-electron chi connectivity index (χ2n) is 8.85. The molecule has 0 spiro atoms. The van der Waals surface area contributed by atoms with E-state index in [0.29, 0.717) is 13.0 Å². The fraction of sp³-hybridized carbons (Fsp3) is 0.462. The summed E-state index contributed by atoms with van der Waals surface area (Å²) in [5.41, 5.74) is 5.51. The topological polar surface area (TPSA) is 49.4 Å². The van der Waals surface area contributed by atoms with Gasteiger partial charge in [-0.25, -0.2) is 0 Å². The van der Waals surface area contributed by atoms with Gasteiger partial charge in [0.15, 0.2) is 0 Å². The molecule has 1 saturated carbocycles. The number of nitrogens with zero attached hydrogens (tertiary/aromatic N) is 1. The third-order valence-electron chi connectivity index (χ3n) is 5.98. The second kappa shape index (κ2) is 9.92. The lowest BCUT2D eigenvalue weighted by molar-refractivity contribution is -0.140. The second-order valence-corrected chi connectivity index (χ2v) is 8.85. The van der Waals surface area contributed by atoms with Crippen molar-refractivity contribution >= 4 is 11.8 Å². The minimum Gasteiger partial charge on any atom is -0.352 e. The maximum atomic E-state index is 13.3. The SMILES string of the molecule is Cc1ccc(CN(C(=O)Cc2cc(C)cc(C)c2)C(C)C(=O)NC2CCCC2)cc1. The Morgan fingerprint density at radius 3 is 2.13 bits per heavy atom. The number of carbonyl (C=O) groups excluding carboxylic acids is 2. The molecule has 4 nitrogen and oxygen atoms in total. The molecule has 4 heteroatoms. The molecule has 2 aromatic rings. The lowest BCUT2D eigenvalue weighted by atomic mass is 10.0. The van der Waals surface area contributed by atoms with E-state index in [1.54, 1.807) is 4.90 Å². The predicted molar refractivity (Wildman–Crippen MR) is 121 cm³/mol. The molecular weight excluding hydrogens is 372 g/mol. The van der Waals surface area contributed by atoms with Crippen LogP contribution in [0.1, 0.15) is 60.4 Å². The first-order chi connectivity index (χ1) is 14.3. The Hall–Kier alpha value is -2.62. The highest BCUT2D eigenvalue weighted by atomic mass is 16.2. The molecule has 0 aliphatic heterocycles. The van der Waals surface area contributed by atoms with Crippen molar-refractivity contribution in [1.82, 2.24) is 10.2 Å². The van der Waals surface area contributed by atoms with E-state index in [2.05, 4.69) is 23.5 Å². The van der Waals surface area contributed by atoms with Gasteiger partial charge in [0.05, 0.1) is 6.42 Å². The monoisotopic (exact) mass is 406 g/mol. The lowest BCUT2D eigenvalue weighted by Gasteiger charge is -2.30. The molecule has 0 saturated heterocycles. The van der Waals surface area contributed by atoms with E-state index in [0.717, 1.165) is 47.9 Å². The van der Waals surface area contributed by atoms with Crippen molar-refractivity contribution < 1.29 is 9.59 Å². The van der Waals surface area contributed by atoms with E-state index in [-0.39, 0.29) is 17.9 Å². The minimum atomic E-state index is -0.509. The van der Waals surface area contributed by atoms with Crippen LogP contribution in [0.4, 0.5) is 0 Å². The van der Waals surface area contributed by atoms with Crippen molar-refractivity contribution in [3.63, 3.8) is 0 Å². The normalized spacial score (nSPS) is 15.1. The van der Waals surface area contributed by atoms with Gasteiger partial charge >= 0.3 is 0 Å². The standard InChI is InChI=1S/C26H34N2O2/c1-18-9-11-22(12-10-18)17-28(21(4)26(30)27-24-7-5-6-8-24)25(29)16-23-14-19(2)13-20(3)15-23/h9-15,21,24H,5-8,16-17H2,1-4H3,(H,27,30). The van der Waals surface area contributed by atoms with Gasteiger partial charge in [0.1, 0.15) is 6.04 Å². The Bertz CT molecular complexity index is 862. The first-order valence-electron chi connectivity index (χ1n) is 11.0. The number of hydrogen-bond donors (Lipinski definition) is 1. The molecular formula is C26H34N2O2. The maximum absolute atomic E-state index is 13.3. The molecule has 160 valence electrons. The van der Waals surface area contributed by atoms with Gasteiger partial charge in [0.2, 0.25) is 11.8 Å². The zero-order valence-corrected chi connectivity index (χ0v) is 18.7. The summed E-state index contributed by atoms with van der Waals surface area (Å²) in [6.45, 7) is 8.41. The van der Waals surface area contributed by atoms with Crippen LogP contribution in [0.2, 0.25) is 0 Å². The first kappa shape index (κ1) is 22.1. The molecule has 30 heavy (non-hydrogen) atoms. The van der Waals surface area contributed by atoms with Crippen LogP contribution >= 0.6 is 0 Å². The van der Waals surface area contributed by atoms with Crippen LogP contribution in [0.15, 0.2) is 42.5 Å². The third kappa shape index (κ3) is 5.94. The molecule has 2 amide bonds. The van der Waals surface area contributed by atoms with Gasteiger partial charge in [-0.1, -0.05) is 72.0 Å². The number of amides is 2. The maximum Gasteiger partial charge on any atom is 0.242 e. The van der Waals surface area contributed by atoms with Crippen LogP contribution in [0.25, 0.3) is 0 Å². The number of carbonyl (C=O) groups is 2. The van der Waals surface area contributed by atoms with Crippen LogP contribution in [-0.2, 0) is 22.6 Å². The molecule has 0 heterocycles. The van der Waals surface area contributed by atoms with Crippen molar-refractivity contribution in [3.8, 4) is 0 Å². The van der Waals surface area contributed by atoms with Crippen LogP contribution in [0.3, 0.4) is 0 Å². The number of benzene rings is 2. The van der Waals surface area contributed by atoms with E-state index in [1.807, 2.05) is 52.0 Å². The van der Waals surface area contributed by atoms with Gasteiger partial charge < -0.3 is 10.2 Å². The molecule has 1 aliphatic rings. The highest BCUT2D eigenvalue weighted by Crippen LogP contribution is 2.19. The third-order valence-corrected chi connectivity index (χ3v) is 5.98. The molecule has 0 radical (unpaired) electrons. The van der Waals surface area contributed by atoms with Gasteiger partial charge in [-0.05, 0) is 51.7 Å². The van der Waals surface area contributed by atoms with Gasteiger partial charge in [-0.3, -0.25) is 9.59 Å². The van der Waals surface area contributed by atoms with E-state index in [9.17, 15) is 9.59 Å². The quantitative estimate of drug-likeness (QED) is 0.729. The molecule has 0 bridgehead atoms. The average molecular weight is 407 g/mol. The number of nitrogens with one attached hydrogen (secondary N) is 1. The Balaban J connectivity index is 1.78. The predicted octanol–water partition coefficient (Wildman–Crippen LogP) is 4.63. The van der Waals surface area contributed by atoms with Crippen LogP contribution in [0.5, 0.6) is 0 Å². The van der Waals surface area contributed by atoms with Crippen molar-refractivity contribution in [2.24, 2.45) is 0 Å². The van der Waals surface area contributed by atoms with Gasteiger partial charge in [0.25, 0.3) is 0 Å². The summed E-state index contributed by atoms with van der Waals surface area (Å²) in [5.74, 6) is -0.0718. The molecule has 1 aliphatic carbocycles. The van der Waals surface area contributed by atoms with Gasteiger partial charge in [-0.2, -0.15) is 0 Å². The van der Waals surface area contributed by atoms with Crippen LogP contribution in [-0.4, -0.2) is 28.8 Å². The van der Waals surface area contributed by atoms with E-state index in [1.165, 1.54) is 5.56 Å². The largest absolute Gasteiger partial charge is 0.352 e. The smallest absolute Gasteiger partial charge is 0.242 e. The zero-order valence-electron chi connectivity index (χ0n) is 18.7. The van der Waals surface area contributed by atoms with E-state index in [4.69, 9.17) is 0 Å². The van der Waals surface area contributed by atoms with Crippen molar-refractivity contribution in [2.45, 2.75) is 78.4 Å². The van der Waals surface area contributed by atoms with Gasteiger partial charge in [-0.15, -0.1) is 0 Å². The van der Waals surface area contributed by atoms with Crippen LogP contribution < -0.4 is 5.32 Å². The lowest BCUT2D eigenvalue weighted by Crippen LogP contribution is -2.50. The minimum absolute atomic E-state index is 0.0188. The Labute approximate surface area is 180 Å². The molecule has 1 atom stereocenters. The summed E-state index contributed by atoms with van der Waals surface area (Å²) in [6.07, 6.45) is 4.70. The van der Waals surface area contributed by atoms with E-state index >= 15 is 0 Å². The summed E-state index contributed by atoms with van der Waals surface area (Å²) in [5, 5.41) is 3.16. The fourth-order valence-electron chi connectivity index (χ4n) is 4.31. The Morgan fingerprint density at radius 2 is 1.53 bits per heavy atom. The van der Waals surface area contributed by atoms with Crippen LogP contribution in [0, 0.1) is 20.8 Å².